The van der Waals surface area contributed by atoms with Gasteiger partial charge in [0, 0.05) is 5.69 Å². The van der Waals surface area contributed by atoms with Crippen LogP contribution < -0.4 is 4.72 Å². The molecule has 1 aromatic carbocycles. The molecule has 1 rings (SSSR count). The summed E-state index contributed by atoms with van der Waals surface area (Å²) < 4.78 is 31.9. The molecule has 0 bridgehead atoms. The summed E-state index contributed by atoms with van der Waals surface area (Å²) in [6.45, 7) is 0. The Bertz CT molecular complexity index is 266. The summed E-state index contributed by atoms with van der Waals surface area (Å²) in [6.07, 6.45) is 0. The third-order valence-electron chi connectivity index (χ3n) is 0.994. The van der Waals surface area contributed by atoms with E-state index < -0.39 is 10.9 Å². The van der Waals surface area contributed by atoms with Gasteiger partial charge in [0.15, 0.2) is 0 Å². The molecule has 0 spiro atoms. The average Bonchev–Trinajstić information content (AvgIpc) is 2.08. The first kappa shape index (κ1) is 10.9. The van der Waals surface area contributed by atoms with E-state index >= 15 is 0 Å². The van der Waals surface area contributed by atoms with Crippen LogP contribution in [-0.4, -0.2) is 15.6 Å². The van der Waals surface area contributed by atoms with Gasteiger partial charge >= 0.3 is 0 Å². The van der Waals surface area contributed by atoms with Crippen molar-refractivity contribution in [2.75, 3.05) is 11.9 Å². The van der Waals surface area contributed by atoms with E-state index in [2.05, 4.69) is 4.72 Å². The molecule has 12 heavy (non-hydrogen) atoms. The number of thiol groups is 1. The van der Waals surface area contributed by atoms with Crippen molar-refractivity contribution in [3.63, 3.8) is 0 Å². The summed E-state index contributed by atoms with van der Waals surface area (Å²) in [7, 11) is -2.03. The number of nitrogens with one attached hydrogen (secondary N) is 1. The molecule has 0 unspecified atom stereocenters. The molecular formula is C7H10FNO2S. The average molecular weight is 191 g/mol. The lowest BCUT2D eigenvalue weighted by atomic mass is 10.3. The molecule has 0 heterocycles. The predicted molar refractivity (Wildman–Crippen MR) is 47.4 cm³/mol. The van der Waals surface area contributed by atoms with Crippen molar-refractivity contribution in [2.24, 2.45) is 0 Å². The van der Waals surface area contributed by atoms with Gasteiger partial charge in [-0.05, 0) is 12.1 Å². The van der Waals surface area contributed by atoms with Crippen LogP contribution in [0.1, 0.15) is 0 Å². The number of anilines is 1. The molecule has 0 aliphatic rings. The number of para-hydroxylation sites is 1. The zero-order chi connectivity index (χ0) is 9.40. The Morgan fingerprint density at radius 2 is 1.67 bits per heavy atom. The molecule has 5 heteroatoms. The number of halogens is 1. The highest BCUT2D eigenvalue weighted by Crippen LogP contribution is 2.03. The molecule has 68 valence electrons. The van der Waals surface area contributed by atoms with E-state index in [1.807, 2.05) is 6.07 Å². The van der Waals surface area contributed by atoms with Crippen LogP contribution in [0.4, 0.5) is 10.1 Å². The summed E-state index contributed by atoms with van der Waals surface area (Å²) in [6, 6.07) is 8.72. The van der Waals surface area contributed by atoms with Crippen LogP contribution in [0.15, 0.2) is 30.3 Å². The van der Waals surface area contributed by atoms with Crippen molar-refractivity contribution in [1.29, 1.82) is 0 Å². The Morgan fingerprint density at radius 1 is 1.17 bits per heavy atom. The van der Waals surface area contributed by atoms with Gasteiger partial charge in [0.05, 0.1) is 7.18 Å². The fourth-order valence-electron chi connectivity index (χ4n) is 0.618. The minimum absolute atomic E-state index is 0.500. The van der Waals surface area contributed by atoms with E-state index in [0.717, 1.165) is 0 Å². The van der Waals surface area contributed by atoms with E-state index in [1.54, 1.807) is 24.3 Å². The van der Waals surface area contributed by atoms with E-state index in [9.17, 15) is 12.8 Å². The van der Waals surface area contributed by atoms with Gasteiger partial charge in [-0.2, -0.15) is 0 Å². The van der Waals surface area contributed by atoms with Crippen molar-refractivity contribution < 1.29 is 12.8 Å². The normalized spacial score (nSPS) is 8.58. The van der Waals surface area contributed by atoms with Gasteiger partial charge in [-0.3, -0.25) is 9.11 Å². The molecule has 0 aliphatic carbocycles. The van der Waals surface area contributed by atoms with Gasteiger partial charge in [0.25, 0.3) is 0 Å². The van der Waals surface area contributed by atoms with Crippen LogP contribution in [0.2, 0.25) is 0 Å². The lowest BCUT2D eigenvalue weighted by Gasteiger charge is -1.94. The first-order chi connectivity index (χ1) is 5.79. The van der Waals surface area contributed by atoms with Crippen LogP contribution in [0.5, 0.6) is 0 Å². The highest BCUT2D eigenvalue weighted by atomic mass is 32.2. The van der Waals surface area contributed by atoms with Crippen LogP contribution in [0.3, 0.4) is 0 Å². The molecule has 0 atom stereocenters. The summed E-state index contributed by atoms with van der Waals surface area (Å²) >= 11 is 0. The van der Waals surface area contributed by atoms with Crippen LogP contribution in [-0.2, 0) is 10.9 Å². The largest absolute Gasteiger partial charge is 0.286 e. The minimum atomic E-state index is -2.53. The molecule has 0 fully saturated rings. The Hall–Kier alpha value is -1.10. The van der Waals surface area contributed by atoms with Gasteiger partial charge in [-0.15, -0.1) is 0 Å². The van der Waals surface area contributed by atoms with E-state index in [4.69, 9.17) is 0 Å². The fourth-order valence-corrected chi connectivity index (χ4v) is 0.978. The Kier molecular flexibility index (Phi) is 6.00. The molecule has 0 aliphatic heterocycles. The lowest BCUT2D eigenvalue weighted by Crippen LogP contribution is -1.93. The highest BCUT2D eigenvalue weighted by molar-refractivity contribution is 7.73. The van der Waals surface area contributed by atoms with Crippen molar-refractivity contribution in [3.8, 4) is 0 Å². The quantitative estimate of drug-likeness (QED) is 0.690. The Labute approximate surface area is 72.3 Å². The van der Waals surface area contributed by atoms with Gasteiger partial charge in [-0.25, -0.2) is 8.42 Å². The van der Waals surface area contributed by atoms with E-state index in [1.165, 1.54) is 0 Å². The van der Waals surface area contributed by atoms with Gasteiger partial charge in [0.2, 0.25) is 10.9 Å². The molecule has 1 N–H and O–H groups in total. The first-order valence-electron chi connectivity index (χ1n) is 3.13. The third kappa shape index (κ3) is 4.68. The molecule has 3 nitrogen and oxygen atoms in total. The molecular weight excluding hydrogens is 181 g/mol. The van der Waals surface area contributed by atoms with Crippen LogP contribution in [0.25, 0.3) is 0 Å². The van der Waals surface area contributed by atoms with Gasteiger partial charge in [0.1, 0.15) is 0 Å². The molecule has 0 amide bonds. The maximum atomic E-state index is 10.1. The molecule has 0 saturated heterocycles. The standard InChI is InChI=1S/C6H7NO2S.CH3F/c8-10(9)7-6-4-2-1-3-5-6;1-2/h1-5,10H,(H,7,8,9);1H3. The second-order valence-corrected chi connectivity index (χ2v) is 2.47. The number of alkyl halides is 1. The first-order valence-corrected chi connectivity index (χ1v) is 4.30. The summed E-state index contributed by atoms with van der Waals surface area (Å²) in [4.78, 5) is 0. The van der Waals surface area contributed by atoms with Crippen molar-refractivity contribution in [3.05, 3.63) is 30.3 Å². The summed E-state index contributed by atoms with van der Waals surface area (Å²) in [5, 5.41) is 0. The van der Waals surface area contributed by atoms with Gasteiger partial charge in [-0.1, -0.05) is 18.2 Å². The number of benzene rings is 1. The number of hydrogen-bond donors (Lipinski definition) is 2. The maximum absolute atomic E-state index is 10.1. The maximum Gasteiger partial charge on any atom is 0.222 e. The molecule has 0 saturated carbocycles. The third-order valence-corrected chi connectivity index (χ3v) is 1.43. The SMILES string of the molecule is CF.O=[SH](=O)Nc1ccccc1. The second-order valence-electron chi connectivity index (χ2n) is 1.73. The molecule has 0 aromatic heterocycles. The Morgan fingerprint density at radius 3 is 2.08 bits per heavy atom. The van der Waals surface area contributed by atoms with E-state index in [0.29, 0.717) is 12.9 Å². The smallest absolute Gasteiger partial charge is 0.222 e. The second kappa shape index (κ2) is 6.60. The lowest BCUT2D eigenvalue weighted by molar-refractivity contribution is 0.619. The Balaban J connectivity index is 0.000000561. The summed E-state index contributed by atoms with van der Waals surface area (Å²) in [5.41, 5.74) is 0.596. The summed E-state index contributed by atoms with van der Waals surface area (Å²) in [5.74, 6) is 0. The van der Waals surface area contributed by atoms with Crippen LogP contribution in [0, 0.1) is 0 Å². The van der Waals surface area contributed by atoms with Crippen molar-refractivity contribution in [2.45, 2.75) is 0 Å². The zero-order valence-corrected chi connectivity index (χ0v) is 7.42. The van der Waals surface area contributed by atoms with Crippen molar-refractivity contribution >= 4 is 16.6 Å². The van der Waals surface area contributed by atoms with Crippen molar-refractivity contribution in [1.82, 2.24) is 0 Å². The monoisotopic (exact) mass is 191 g/mol. The van der Waals surface area contributed by atoms with E-state index in [-0.39, 0.29) is 0 Å². The topological polar surface area (TPSA) is 46.2 Å². The fraction of sp³-hybridized carbons (Fsp3) is 0.143. The minimum Gasteiger partial charge on any atom is -0.286 e. The predicted octanol–water partition coefficient (Wildman–Crippen LogP) is 1.21. The highest BCUT2D eigenvalue weighted by Gasteiger charge is 1.85. The number of hydrogen-bond acceptors (Lipinski definition) is 2. The van der Waals surface area contributed by atoms with Gasteiger partial charge < -0.3 is 0 Å². The zero-order valence-electron chi connectivity index (χ0n) is 6.53. The molecule has 0 radical (unpaired) electrons. The van der Waals surface area contributed by atoms with Crippen LogP contribution >= 0.6 is 0 Å². The molecule has 1 aromatic rings. The number of rotatable bonds is 2.